The fraction of sp³-hybridized carbons (Fsp3) is 0.273. The first-order valence-corrected chi connectivity index (χ1v) is 13.9. The highest BCUT2D eigenvalue weighted by Gasteiger charge is 2.46. The van der Waals surface area contributed by atoms with E-state index in [-0.39, 0.29) is 11.1 Å². The summed E-state index contributed by atoms with van der Waals surface area (Å²) in [5.74, 6) is -2.00. The van der Waals surface area contributed by atoms with E-state index in [1.54, 1.807) is 0 Å². The number of ether oxygens (including phenoxy) is 2. The minimum Gasteiger partial charge on any atom is -0.494 e. The lowest BCUT2D eigenvalue weighted by Gasteiger charge is -2.29. The SMILES string of the molecule is COc1c2c(c(OC)c3c1SC(=C1C(=O)N(C)C(=O)N(C)C1=O)S3)SC(=C1C(=O)N(C)C(=O)N(C)C1=O)S2. The van der Waals surface area contributed by atoms with Crippen LogP contribution in [-0.4, -0.2) is 97.7 Å². The Hall–Kier alpha value is -3.08. The Kier molecular flexibility index (Phi) is 6.48. The molecule has 4 aliphatic rings. The Morgan fingerprint density at radius 2 is 0.711 bits per heavy atom. The van der Waals surface area contributed by atoms with Crippen molar-refractivity contribution in [1.82, 2.24) is 19.6 Å². The molecular weight excluding hydrogens is 577 g/mol. The third-order valence-corrected chi connectivity index (χ3v) is 11.2. The lowest BCUT2D eigenvalue weighted by Crippen LogP contribution is -2.53. The lowest BCUT2D eigenvalue weighted by atomic mass is 10.2. The highest BCUT2D eigenvalue weighted by molar-refractivity contribution is 8.26. The zero-order valence-electron chi connectivity index (χ0n) is 20.7. The van der Waals surface area contributed by atoms with Gasteiger partial charge >= 0.3 is 12.1 Å². The predicted molar refractivity (Wildman–Crippen MR) is 139 cm³/mol. The second-order valence-corrected chi connectivity index (χ2v) is 12.7. The number of fused-ring (bicyclic) bond motifs is 2. The average Bonchev–Trinajstić information content (AvgIpc) is 3.52. The number of hydrogen-bond donors (Lipinski definition) is 0. The van der Waals surface area contributed by atoms with Crippen molar-refractivity contribution in [3.8, 4) is 11.5 Å². The zero-order valence-corrected chi connectivity index (χ0v) is 24.0. The molecule has 4 heterocycles. The monoisotopic (exact) mass is 594 g/mol. The van der Waals surface area contributed by atoms with Crippen LogP contribution < -0.4 is 9.47 Å². The van der Waals surface area contributed by atoms with Crippen LogP contribution >= 0.6 is 47.0 Å². The van der Waals surface area contributed by atoms with Crippen molar-refractivity contribution in [2.24, 2.45) is 0 Å². The molecule has 8 amide bonds. The van der Waals surface area contributed by atoms with Crippen molar-refractivity contribution in [3.63, 3.8) is 0 Å². The van der Waals surface area contributed by atoms with E-state index in [1.165, 1.54) is 42.4 Å². The summed E-state index contributed by atoms with van der Waals surface area (Å²) in [4.78, 5) is 81.8. The Labute approximate surface area is 233 Å². The highest BCUT2D eigenvalue weighted by atomic mass is 32.2. The standard InChI is InChI=1S/C22H18N4O8S4/c1-23-15(27)7(16(28)24(2)21(23)31)19-35-11-9(33-5)13-14(10(34-6)12(11)36-19)38-20(37-13)8-17(29)25(3)22(32)26(4)18(8)30/h1-6H3. The molecule has 0 saturated carbocycles. The molecule has 4 aliphatic heterocycles. The summed E-state index contributed by atoms with van der Waals surface area (Å²) >= 11 is 4.56. The van der Waals surface area contributed by atoms with Crippen LogP contribution in [0.5, 0.6) is 11.5 Å². The first-order chi connectivity index (χ1) is 17.9. The number of barbiturate groups is 2. The van der Waals surface area contributed by atoms with Gasteiger partial charge in [0.05, 0.1) is 42.3 Å². The molecule has 16 heteroatoms. The third kappa shape index (κ3) is 3.57. The Bertz CT molecular complexity index is 1280. The van der Waals surface area contributed by atoms with Gasteiger partial charge in [-0.15, -0.1) is 0 Å². The van der Waals surface area contributed by atoms with E-state index in [2.05, 4.69) is 0 Å². The maximum absolute atomic E-state index is 12.9. The number of thioether (sulfide) groups is 4. The molecular formula is C22H18N4O8S4. The van der Waals surface area contributed by atoms with Crippen molar-refractivity contribution in [2.75, 3.05) is 42.4 Å². The van der Waals surface area contributed by atoms with E-state index in [4.69, 9.17) is 9.47 Å². The second-order valence-electron chi connectivity index (χ2n) is 8.14. The molecule has 0 aromatic heterocycles. The number of carbonyl (C=O) groups is 6. The summed E-state index contributed by atoms with van der Waals surface area (Å²) in [6.45, 7) is 0. The van der Waals surface area contributed by atoms with Gasteiger partial charge < -0.3 is 9.47 Å². The molecule has 2 fully saturated rings. The Morgan fingerprint density at radius 1 is 0.474 bits per heavy atom. The van der Waals surface area contributed by atoms with Gasteiger partial charge in [-0.3, -0.25) is 38.8 Å². The van der Waals surface area contributed by atoms with Gasteiger partial charge in [0.1, 0.15) is 22.6 Å². The van der Waals surface area contributed by atoms with E-state index in [1.807, 2.05) is 0 Å². The molecule has 5 rings (SSSR count). The average molecular weight is 595 g/mol. The van der Waals surface area contributed by atoms with Crippen LogP contribution in [0, 0.1) is 0 Å². The summed E-state index contributed by atoms with van der Waals surface area (Å²) in [5, 5.41) is 0. The minimum atomic E-state index is -0.720. The maximum Gasteiger partial charge on any atom is 0.333 e. The van der Waals surface area contributed by atoms with Gasteiger partial charge in [0, 0.05) is 28.2 Å². The van der Waals surface area contributed by atoms with E-state index in [0.29, 0.717) is 39.6 Å². The fourth-order valence-electron chi connectivity index (χ4n) is 3.98. The van der Waals surface area contributed by atoms with Crippen molar-refractivity contribution in [2.45, 2.75) is 19.6 Å². The van der Waals surface area contributed by atoms with Crippen molar-refractivity contribution >= 4 is 82.7 Å². The Balaban J connectivity index is 1.63. The number of rotatable bonds is 2. The number of hydrogen-bond acceptors (Lipinski definition) is 12. The molecule has 0 unspecified atom stereocenters. The number of methoxy groups -OCH3 is 2. The lowest BCUT2D eigenvalue weighted by molar-refractivity contribution is -0.136. The molecule has 1 aromatic carbocycles. The van der Waals surface area contributed by atoms with Gasteiger partial charge in [0.15, 0.2) is 0 Å². The quantitative estimate of drug-likeness (QED) is 0.368. The molecule has 38 heavy (non-hydrogen) atoms. The van der Waals surface area contributed by atoms with Crippen LogP contribution in [0.3, 0.4) is 0 Å². The first-order valence-electron chi connectivity index (χ1n) is 10.7. The largest absolute Gasteiger partial charge is 0.494 e. The van der Waals surface area contributed by atoms with E-state index in [0.717, 1.165) is 66.6 Å². The normalized spacial score (nSPS) is 19.8. The van der Waals surface area contributed by atoms with Gasteiger partial charge in [0.2, 0.25) is 0 Å². The van der Waals surface area contributed by atoms with E-state index in [9.17, 15) is 28.8 Å². The summed E-state index contributed by atoms with van der Waals surface area (Å²) in [5.41, 5.74) is -0.273. The summed E-state index contributed by atoms with van der Waals surface area (Å²) < 4.78 is 12.2. The smallest absolute Gasteiger partial charge is 0.333 e. The highest BCUT2D eigenvalue weighted by Crippen LogP contribution is 2.68. The maximum atomic E-state index is 12.9. The van der Waals surface area contributed by atoms with Gasteiger partial charge in [-0.1, -0.05) is 47.0 Å². The number of urea groups is 2. The topological polar surface area (TPSA) is 134 Å². The van der Waals surface area contributed by atoms with Crippen LogP contribution in [0.2, 0.25) is 0 Å². The number of likely N-dealkylation sites (N-methyl/N-ethyl adjacent to an activating group) is 4. The van der Waals surface area contributed by atoms with Gasteiger partial charge in [-0.05, 0) is 0 Å². The Morgan fingerprint density at radius 3 is 0.921 bits per heavy atom. The molecule has 0 N–H and O–H groups in total. The number of benzene rings is 1. The molecule has 2 saturated heterocycles. The van der Waals surface area contributed by atoms with Crippen LogP contribution in [0.15, 0.2) is 39.2 Å². The molecule has 0 radical (unpaired) electrons. The van der Waals surface area contributed by atoms with Crippen molar-refractivity contribution in [3.05, 3.63) is 19.6 Å². The summed E-state index contributed by atoms with van der Waals surface area (Å²) in [7, 11) is 8.15. The third-order valence-electron chi connectivity index (χ3n) is 6.05. The molecule has 1 aromatic rings. The predicted octanol–water partition coefficient (Wildman–Crippen LogP) is 2.62. The summed E-state index contributed by atoms with van der Waals surface area (Å²) in [6.07, 6.45) is 0. The van der Waals surface area contributed by atoms with Crippen LogP contribution in [0.1, 0.15) is 0 Å². The molecule has 0 atom stereocenters. The number of carbonyl (C=O) groups excluding carboxylic acids is 6. The summed E-state index contributed by atoms with van der Waals surface area (Å²) in [6, 6.07) is -1.44. The molecule has 0 aliphatic carbocycles. The van der Waals surface area contributed by atoms with Crippen molar-refractivity contribution in [1.29, 1.82) is 0 Å². The van der Waals surface area contributed by atoms with Gasteiger partial charge in [-0.2, -0.15) is 0 Å². The van der Waals surface area contributed by atoms with Gasteiger partial charge in [0.25, 0.3) is 23.6 Å². The molecule has 0 bridgehead atoms. The molecule has 12 nitrogen and oxygen atoms in total. The van der Waals surface area contributed by atoms with E-state index < -0.39 is 35.7 Å². The van der Waals surface area contributed by atoms with Crippen LogP contribution in [0.25, 0.3) is 0 Å². The van der Waals surface area contributed by atoms with Gasteiger partial charge in [-0.25, -0.2) is 9.59 Å². The molecule has 198 valence electrons. The molecule has 0 spiro atoms. The minimum absolute atomic E-state index is 0.137. The van der Waals surface area contributed by atoms with Crippen LogP contribution in [0.4, 0.5) is 9.59 Å². The van der Waals surface area contributed by atoms with E-state index >= 15 is 0 Å². The first kappa shape index (κ1) is 26.5. The number of nitrogens with zero attached hydrogens (tertiary/aromatic N) is 4. The van der Waals surface area contributed by atoms with Crippen molar-refractivity contribution < 1.29 is 38.2 Å². The van der Waals surface area contributed by atoms with Crippen LogP contribution in [-0.2, 0) is 19.2 Å². The zero-order chi connectivity index (χ0) is 27.8. The number of amides is 8. The fourth-order valence-corrected chi connectivity index (χ4v) is 9.64. The number of imide groups is 4. The second kappa shape index (κ2) is 9.29.